The first kappa shape index (κ1) is 120. The summed E-state index contributed by atoms with van der Waals surface area (Å²) in [5.74, 6) is -9.55. The van der Waals surface area contributed by atoms with Crippen molar-refractivity contribution in [3.63, 3.8) is 0 Å². The summed E-state index contributed by atoms with van der Waals surface area (Å²) in [6.45, 7) is 38.8. The number of halogens is 16. The van der Waals surface area contributed by atoms with Gasteiger partial charge in [0.25, 0.3) is 0 Å². The van der Waals surface area contributed by atoms with E-state index in [2.05, 4.69) is 56.4 Å². The topological polar surface area (TPSA) is 212 Å². The number of nitrogens with zero attached hydrogens (tertiary/aromatic N) is 4. The van der Waals surface area contributed by atoms with Gasteiger partial charge in [0.1, 0.15) is 57.4 Å². The molecule has 0 unspecified atom stereocenters. The summed E-state index contributed by atoms with van der Waals surface area (Å²) in [7, 11) is 0. The normalized spacial score (nSPS) is 13.3. The zero-order valence-corrected chi connectivity index (χ0v) is 89.3. The molecule has 10 aromatic carbocycles. The minimum Gasteiger partial charge on any atom is -0.376 e. The van der Waals surface area contributed by atoms with Crippen LogP contribution in [0.3, 0.4) is 0 Å². The lowest BCUT2D eigenvalue weighted by atomic mass is 9.95. The highest BCUT2D eigenvalue weighted by Gasteiger charge is 2.36. The van der Waals surface area contributed by atoms with Gasteiger partial charge in [-0.3, -0.25) is 28.8 Å². The maximum atomic E-state index is 15.4. The Labute approximate surface area is 869 Å². The van der Waals surface area contributed by atoms with Crippen LogP contribution < -0.4 is 62.1 Å². The molecule has 10 aromatic rings. The van der Waals surface area contributed by atoms with Gasteiger partial charge in [-0.25, -0.2) is 70.2 Å². The van der Waals surface area contributed by atoms with E-state index in [-0.39, 0.29) is 206 Å². The Kier molecular flexibility index (Phi) is 44.5. The zero-order chi connectivity index (χ0) is 111. The van der Waals surface area contributed by atoms with Gasteiger partial charge in [0.2, 0.25) is 35.4 Å². The Bertz CT molecular complexity index is 6330. The number of nitrogens with one attached hydrogen (secondary N) is 8. The first-order valence-corrected chi connectivity index (χ1v) is 51.6. The summed E-state index contributed by atoms with van der Waals surface area (Å²) < 4.78 is 232. The molecule has 0 saturated carbocycles. The number of carbonyl (C=O) groups is 6. The van der Waals surface area contributed by atoms with E-state index in [9.17, 15) is 81.5 Å². The van der Waals surface area contributed by atoms with E-state index in [0.29, 0.717) is 166 Å². The third-order valence-corrected chi connectivity index (χ3v) is 27.8. The van der Waals surface area contributed by atoms with Gasteiger partial charge in [-0.1, -0.05) is 133 Å². The number of hydrogen-bond donors (Lipinski definition) is 8. The third kappa shape index (κ3) is 28.9. The number of hydrogen-bond acceptors (Lipinski definition) is 12. The van der Waals surface area contributed by atoms with Crippen LogP contribution in [0.15, 0.2) is 84.9 Å². The van der Waals surface area contributed by atoms with Gasteiger partial charge in [0.05, 0.1) is 34.1 Å². The van der Waals surface area contributed by atoms with Crippen molar-refractivity contribution in [1.29, 1.82) is 0 Å². The molecule has 14 rings (SSSR count). The molecule has 4 aliphatic rings. The van der Waals surface area contributed by atoms with Gasteiger partial charge in [0.15, 0.2) is 69.8 Å². The summed E-state index contributed by atoms with van der Waals surface area (Å²) in [5, 5.41) is 21.2. The van der Waals surface area contributed by atoms with Gasteiger partial charge in [-0.2, -0.15) is 0 Å². The van der Waals surface area contributed by atoms with Crippen molar-refractivity contribution in [2.75, 3.05) is 101 Å². The lowest BCUT2D eigenvalue weighted by Crippen LogP contribution is -2.34. The molecule has 4 aliphatic heterocycles. The quantitative estimate of drug-likeness (QED) is 0.0215. The van der Waals surface area contributed by atoms with E-state index < -0.39 is 69.8 Å². The van der Waals surface area contributed by atoms with Crippen LogP contribution in [-0.4, -0.2) is 74.7 Å². The van der Waals surface area contributed by atoms with Crippen molar-refractivity contribution in [2.45, 2.75) is 280 Å². The Morgan fingerprint density at radius 2 is 0.473 bits per heavy atom. The highest BCUT2D eigenvalue weighted by molar-refractivity contribution is 5.97. The molecule has 812 valence electrons. The molecular weight excluding hydrogens is 1960 g/mol. The van der Waals surface area contributed by atoms with Crippen LogP contribution in [0.2, 0.25) is 0 Å². The van der Waals surface area contributed by atoms with E-state index >= 15 is 17.6 Å². The molecule has 0 atom stereocenters. The Morgan fingerprint density at radius 3 is 0.733 bits per heavy atom. The van der Waals surface area contributed by atoms with E-state index in [4.69, 9.17) is 0 Å². The molecule has 18 nitrogen and oxygen atoms in total. The van der Waals surface area contributed by atoms with Crippen LogP contribution in [0.5, 0.6) is 0 Å². The summed E-state index contributed by atoms with van der Waals surface area (Å²) in [6.07, 6.45) is 8.34. The number of piperidine rings is 2. The summed E-state index contributed by atoms with van der Waals surface area (Å²) in [6, 6.07) is 20.3. The molecule has 4 heterocycles. The molecule has 150 heavy (non-hydrogen) atoms. The predicted octanol–water partition coefficient (Wildman–Crippen LogP) is 28.5. The SMILES string of the molecule is CCC(=O)Nc1c(C)c(F)c(N2CCC(C)CC2)c(F)c1C.CCC(=O)Nc1c(C)c(F)c(N2CCc3cc(F)ccc3C2)c(F)c1C.CCC(=O)Nc1c(C)c(F)c(NCc2ccc(F)cc2)c(F)c1C.CCC(=O)Nc1c(CC)c(F)c(N2CCC(C)CC2)c(F)c1CC.CCC(=O)Nc1c(CC)c(F)c(N2CCc3cc(F)ccc3C2)c(F)c1CC.CCC(=O)Nc1c(CC)c(F)c(NCc2ccc(F)cc2)c(F)c1CC. The molecule has 2 fully saturated rings. The number of rotatable bonds is 28. The predicted molar refractivity (Wildman–Crippen MR) is 567 cm³/mol. The molecular formula is C116H140F16N12O6. The lowest BCUT2D eigenvalue weighted by molar-refractivity contribution is -0.116. The molecule has 8 N–H and O–H groups in total. The van der Waals surface area contributed by atoms with Crippen LogP contribution in [0, 0.1) is 146 Å². The first-order valence-electron chi connectivity index (χ1n) is 51.6. The van der Waals surface area contributed by atoms with Gasteiger partial charge < -0.3 is 62.1 Å². The molecule has 6 amide bonds. The fraction of sp³-hybridized carbons (Fsp3) is 0.431. The van der Waals surface area contributed by atoms with Gasteiger partial charge in [-0.05, 0) is 212 Å². The Hall–Kier alpha value is -13.3. The molecule has 0 spiro atoms. The van der Waals surface area contributed by atoms with E-state index in [0.717, 1.165) is 47.9 Å². The highest BCUT2D eigenvalue weighted by Crippen LogP contribution is 2.45. The van der Waals surface area contributed by atoms with Crippen molar-refractivity contribution in [3.8, 4) is 0 Å². The average molecular weight is 2100 g/mol. The molecule has 34 heteroatoms. The maximum Gasteiger partial charge on any atom is 0.224 e. The molecule has 0 radical (unpaired) electrons. The van der Waals surface area contributed by atoms with Crippen molar-refractivity contribution in [2.24, 2.45) is 11.8 Å². The zero-order valence-electron chi connectivity index (χ0n) is 89.3. The molecule has 0 bridgehead atoms. The second kappa shape index (κ2) is 55.5. The minimum atomic E-state index is -0.758. The Morgan fingerprint density at radius 1 is 0.253 bits per heavy atom. The highest BCUT2D eigenvalue weighted by atomic mass is 19.2. The molecule has 0 aliphatic carbocycles. The van der Waals surface area contributed by atoms with Crippen molar-refractivity contribution >= 4 is 104 Å². The monoisotopic (exact) mass is 2100 g/mol. The van der Waals surface area contributed by atoms with Crippen LogP contribution in [-0.2, 0) is 106 Å². The van der Waals surface area contributed by atoms with Crippen LogP contribution >= 0.6 is 0 Å². The summed E-state index contributed by atoms with van der Waals surface area (Å²) >= 11 is 0. The number of benzene rings is 10. The average Bonchev–Trinajstić information content (AvgIpc) is 0.733. The number of fused-ring (bicyclic) bond motifs is 2. The lowest BCUT2D eigenvalue weighted by Gasteiger charge is -2.34. The summed E-state index contributed by atoms with van der Waals surface area (Å²) in [5.41, 5.74) is 9.12. The van der Waals surface area contributed by atoms with Gasteiger partial charge in [-0.15, -0.1) is 0 Å². The van der Waals surface area contributed by atoms with Crippen LogP contribution in [0.25, 0.3) is 0 Å². The number of carbonyl (C=O) groups excluding carboxylic acids is 6. The second-order valence-electron chi connectivity index (χ2n) is 37.8. The molecule has 0 aromatic heterocycles. The van der Waals surface area contributed by atoms with E-state index in [1.54, 1.807) is 122 Å². The van der Waals surface area contributed by atoms with E-state index in [1.807, 2.05) is 18.7 Å². The van der Waals surface area contributed by atoms with Crippen LogP contribution in [0.1, 0.15) is 261 Å². The van der Waals surface area contributed by atoms with Gasteiger partial charge in [0, 0.05) is 171 Å². The van der Waals surface area contributed by atoms with Crippen LogP contribution in [0.4, 0.5) is 138 Å². The first-order chi connectivity index (χ1) is 71.3. The maximum absolute atomic E-state index is 15.4. The van der Waals surface area contributed by atoms with Crippen molar-refractivity contribution < 1.29 is 99.0 Å². The largest absolute Gasteiger partial charge is 0.376 e. The summed E-state index contributed by atoms with van der Waals surface area (Å²) in [4.78, 5) is 77.1. The third-order valence-electron chi connectivity index (χ3n) is 27.8. The fourth-order valence-corrected chi connectivity index (χ4v) is 18.5. The van der Waals surface area contributed by atoms with Crippen molar-refractivity contribution in [1.82, 2.24) is 0 Å². The number of anilines is 12. The smallest absolute Gasteiger partial charge is 0.224 e. The number of amides is 6. The fourth-order valence-electron chi connectivity index (χ4n) is 18.5. The molecule has 2 saturated heterocycles. The van der Waals surface area contributed by atoms with Gasteiger partial charge >= 0.3 is 0 Å². The van der Waals surface area contributed by atoms with E-state index in [1.165, 1.54) is 88.4 Å². The standard InChI is InChI=1S/C22H25F3N2O.C20H21F3N2O.C20H23F3N2O.C19H28F2N2O.C18H19F3N2O.C17H24F2N2O/c1-4-16-19(24)22(20(25)17(5-2)21(16)26-18(28)6-3)27-10-9-13-11-15(23)8-7-14(13)12-27;1-4-16(26)24-19-11(2)17(22)20(18(23)12(19)3)25-8-7-13-9-15(21)6-5-14(13)10-25;1-4-14-17(22)20(24-11-12-7-9-13(21)10-8-12)18(23)15(5-2)19(14)25-16(26)6-3;1-5-13-16(20)19(23-10-8-12(4)9-11-23)17(21)14(6-2)18(13)22-15(24)7-3;1-4-14(24)23-17-10(2)15(20)18(16(21)11(17)3)22-9-12-5-7-13(19)8-6-12;1-5-13(22)20-16-11(3)14(18)17(15(19)12(16)4)21-8-6-10(2)7-9-21/h7-8,11H,4-6,9-10,12H2,1-3H3,(H,26,28);5-6,9H,4,7-8,10H2,1-3H3,(H,24,26);7-10,24H,4-6,11H2,1-3H3,(H,25,26);12H,5-11H2,1-4H3,(H,22,24);5-8,22H,4,9H2,1-3H3,(H,23,24);10H,5-9H2,1-4H3,(H,20,22). The Balaban J connectivity index is 0.000000200. The van der Waals surface area contributed by atoms with Crippen molar-refractivity contribution in [3.05, 3.63) is 278 Å². The minimum absolute atomic E-state index is 0.0522. The second-order valence-corrected chi connectivity index (χ2v) is 37.8.